The zero-order chi connectivity index (χ0) is 16.8. The van der Waals surface area contributed by atoms with Crippen molar-refractivity contribution in [2.45, 2.75) is 13.8 Å². The second-order valence-electron chi connectivity index (χ2n) is 5.45. The lowest BCUT2D eigenvalue weighted by Gasteiger charge is -2.09. The van der Waals surface area contributed by atoms with Crippen molar-refractivity contribution >= 4 is 29.1 Å². The predicted molar refractivity (Wildman–Crippen MR) is 90.8 cm³/mol. The molecule has 2 aromatic rings. The number of anilines is 1. The lowest BCUT2D eigenvalue weighted by molar-refractivity contribution is 0.0944. The maximum absolute atomic E-state index is 12.2. The summed E-state index contributed by atoms with van der Waals surface area (Å²) < 4.78 is 0. The fourth-order valence-electron chi connectivity index (χ4n) is 1.82. The molecule has 2 amide bonds. The molecule has 0 aliphatic heterocycles. The Morgan fingerprint density at radius 1 is 1.04 bits per heavy atom. The first kappa shape index (κ1) is 17.0. The van der Waals surface area contributed by atoms with Crippen LogP contribution in [0.5, 0.6) is 0 Å². The van der Waals surface area contributed by atoms with Crippen molar-refractivity contribution in [1.29, 1.82) is 0 Å². The first-order chi connectivity index (χ1) is 11.0. The fourth-order valence-corrected chi connectivity index (χ4v) is 2.01. The number of hydrogen-bond donors (Lipinski definition) is 2. The van der Waals surface area contributed by atoms with Gasteiger partial charge in [0.05, 0.1) is 10.7 Å². The van der Waals surface area contributed by atoms with Crippen molar-refractivity contribution in [3.8, 4) is 0 Å². The molecule has 0 radical (unpaired) electrons. The van der Waals surface area contributed by atoms with Crippen molar-refractivity contribution in [3.63, 3.8) is 0 Å². The Hall–Kier alpha value is -2.40. The number of benzene rings is 1. The first-order valence-corrected chi connectivity index (χ1v) is 7.66. The van der Waals surface area contributed by atoms with Gasteiger partial charge in [0.25, 0.3) is 11.8 Å². The Bertz CT molecular complexity index is 716. The molecule has 120 valence electrons. The highest BCUT2D eigenvalue weighted by Gasteiger charge is 2.13. The van der Waals surface area contributed by atoms with E-state index in [4.69, 9.17) is 11.6 Å². The molecule has 2 rings (SSSR count). The minimum absolute atomic E-state index is 0.155. The molecule has 0 saturated carbocycles. The highest BCUT2D eigenvalue weighted by atomic mass is 35.5. The van der Waals surface area contributed by atoms with E-state index in [1.165, 1.54) is 0 Å². The summed E-state index contributed by atoms with van der Waals surface area (Å²) in [5.74, 6) is -0.381. The highest BCUT2D eigenvalue weighted by molar-refractivity contribution is 6.33. The minimum atomic E-state index is -0.420. The number of para-hydroxylation sites is 1. The molecule has 1 aromatic carbocycles. The summed E-state index contributed by atoms with van der Waals surface area (Å²) >= 11 is 6.01. The third kappa shape index (κ3) is 4.79. The van der Waals surface area contributed by atoms with Crippen LogP contribution >= 0.6 is 11.6 Å². The molecule has 1 aromatic heterocycles. The zero-order valence-corrected chi connectivity index (χ0v) is 13.7. The van der Waals surface area contributed by atoms with Crippen molar-refractivity contribution in [2.24, 2.45) is 5.92 Å². The van der Waals surface area contributed by atoms with Gasteiger partial charge in [-0.1, -0.05) is 43.6 Å². The maximum atomic E-state index is 12.2. The predicted octanol–water partition coefficient (Wildman–Crippen LogP) is 3.37. The van der Waals surface area contributed by atoms with Crippen molar-refractivity contribution in [1.82, 2.24) is 10.3 Å². The van der Waals surface area contributed by atoms with Crippen LogP contribution in [0, 0.1) is 5.92 Å². The van der Waals surface area contributed by atoms with Crippen molar-refractivity contribution in [2.75, 3.05) is 11.9 Å². The van der Waals surface area contributed by atoms with E-state index in [2.05, 4.69) is 15.6 Å². The lowest BCUT2D eigenvalue weighted by Crippen LogP contribution is -2.28. The number of nitrogens with zero attached hydrogens (tertiary/aromatic N) is 1. The SMILES string of the molecule is CC(C)CNC(=O)c1cccc(C(=O)Nc2ccccc2Cl)n1. The van der Waals surface area contributed by atoms with Crippen LogP contribution in [0.2, 0.25) is 5.02 Å². The Balaban J connectivity index is 2.11. The molecule has 0 aliphatic carbocycles. The highest BCUT2D eigenvalue weighted by Crippen LogP contribution is 2.20. The molecular formula is C17H18ClN3O2. The smallest absolute Gasteiger partial charge is 0.274 e. The molecule has 6 heteroatoms. The summed E-state index contributed by atoms with van der Waals surface area (Å²) in [5.41, 5.74) is 0.857. The number of aromatic nitrogens is 1. The summed E-state index contributed by atoms with van der Waals surface area (Å²) in [7, 11) is 0. The third-order valence-electron chi connectivity index (χ3n) is 3.01. The van der Waals surface area contributed by atoms with Crippen LogP contribution in [0.25, 0.3) is 0 Å². The Labute approximate surface area is 140 Å². The van der Waals surface area contributed by atoms with E-state index in [1.807, 2.05) is 13.8 Å². The monoisotopic (exact) mass is 331 g/mol. The van der Waals surface area contributed by atoms with Crippen LogP contribution < -0.4 is 10.6 Å². The van der Waals surface area contributed by atoms with Gasteiger partial charge in [-0.25, -0.2) is 4.98 Å². The molecule has 5 nitrogen and oxygen atoms in total. The summed E-state index contributed by atoms with van der Waals surface area (Å²) in [4.78, 5) is 28.4. The number of carbonyl (C=O) groups is 2. The molecule has 0 saturated heterocycles. The van der Waals surface area contributed by atoms with Gasteiger partial charge in [0.15, 0.2) is 0 Å². The molecule has 0 bridgehead atoms. The van der Waals surface area contributed by atoms with Crippen molar-refractivity contribution < 1.29 is 9.59 Å². The number of halogens is 1. The van der Waals surface area contributed by atoms with Gasteiger partial charge in [0, 0.05) is 6.54 Å². The van der Waals surface area contributed by atoms with E-state index >= 15 is 0 Å². The van der Waals surface area contributed by atoms with E-state index in [1.54, 1.807) is 42.5 Å². The third-order valence-corrected chi connectivity index (χ3v) is 3.34. The number of rotatable bonds is 5. The number of pyridine rings is 1. The van der Waals surface area contributed by atoms with Gasteiger partial charge in [-0.2, -0.15) is 0 Å². The van der Waals surface area contributed by atoms with Crippen LogP contribution in [-0.4, -0.2) is 23.3 Å². The number of amides is 2. The Kier molecular flexibility index (Phi) is 5.71. The fraction of sp³-hybridized carbons (Fsp3) is 0.235. The molecule has 0 unspecified atom stereocenters. The Morgan fingerprint density at radius 2 is 1.70 bits per heavy atom. The quantitative estimate of drug-likeness (QED) is 0.882. The summed E-state index contributed by atoms with van der Waals surface area (Å²) in [6, 6.07) is 11.7. The van der Waals surface area contributed by atoms with Crippen LogP contribution in [-0.2, 0) is 0 Å². The average Bonchev–Trinajstić information content (AvgIpc) is 2.54. The van der Waals surface area contributed by atoms with Gasteiger partial charge in [0.1, 0.15) is 11.4 Å². The van der Waals surface area contributed by atoms with E-state index in [9.17, 15) is 9.59 Å². The van der Waals surface area contributed by atoms with Gasteiger partial charge in [-0.15, -0.1) is 0 Å². The van der Waals surface area contributed by atoms with Gasteiger partial charge in [0.2, 0.25) is 0 Å². The van der Waals surface area contributed by atoms with Gasteiger partial charge >= 0.3 is 0 Å². The zero-order valence-electron chi connectivity index (χ0n) is 13.0. The second-order valence-corrected chi connectivity index (χ2v) is 5.85. The van der Waals surface area contributed by atoms with Crippen LogP contribution in [0.4, 0.5) is 5.69 Å². The number of carbonyl (C=O) groups excluding carboxylic acids is 2. The van der Waals surface area contributed by atoms with Gasteiger partial charge < -0.3 is 10.6 Å². The molecule has 0 aliphatic rings. The number of nitrogens with one attached hydrogen (secondary N) is 2. The van der Waals surface area contributed by atoms with Crippen LogP contribution in [0.15, 0.2) is 42.5 Å². The van der Waals surface area contributed by atoms with Crippen molar-refractivity contribution in [3.05, 3.63) is 58.9 Å². The topological polar surface area (TPSA) is 71.1 Å². The average molecular weight is 332 g/mol. The maximum Gasteiger partial charge on any atom is 0.274 e. The summed E-state index contributed by atoms with van der Waals surface area (Å²) in [6.07, 6.45) is 0. The molecule has 23 heavy (non-hydrogen) atoms. The van der Waals surface area contributed by atoms with Crippen LogP contribution in [0.3, 0.4) is 0 Å². The standard InChI is InChI=1S/C17H18ClN3O2/c1-11(2)10-19-16(22)14-8-5-9-15(20-14)17(23)21-13-7-4-3-6-12(13)18/h3-9,11H,10H2,1-2H3,(H,19,22)(H,21,23). The second kappa shape index (κ2) is 7.74. The molecule has 0 fully saturated rings. The van der Waals surface area contributed by atoms with E-state index in [-0.39, 0.29) is 17.3 Å². The molecule has 0 spiro atoms. The first-order valence-electron chi connectivity index (χ1n) is 7.28. The molecule has 1 heterocycles. The largest absolute Gasteiger partial charge is 0.350 e. The van der Waals surface area contributed by atoms with Gasteiger partial charge in [-0.3, -0.25) is 9.59 Å². The lowest BCUT2D eigenvalue weighted by atomic mass is 10.2. The minimum Gasteiger partial charge on any atom is -0.350 e. The summed E-state index contributed by atoms with van der Waals surface area (Å²) in [6.45, 7) is 4.55. The van der Waals surface area contributed by atoms with E-state index < -0.39 is 5.91 Å². The van der Waals surface area contributed by atoms with Gasteiger partial charge in [-0.05, 0) is 30.2 Å². The van der Waals surface area contributed by atoms with E-state index in [0.717, 1.165) is 0 Å². The number of hydrogen-bond acceptors (Lipinski definition) is 3. The molecule has 2 N–H and O–H groups in total. The Morgan fingerprint density at radius 3 is 2.35 bits per heavy atom. The summed E-state index contributed by atoms with van der Waals surface area (Å²) in [5, 5.41) is 5.88. The normalized spacial score (nSPS) is 10.4. The molecule has 0 atom stereocenters. The van der Waals surface area contributed by atoms with Crippen LogP contribution in [0.1, 0.15) is 34.8 Å². The van der Waals surface area contributed by atoms with E-state index in [0.29, 0.717) is 23.2 Å². The molecular weight excluding hydrogens is 314 g/mol.